The second kappa shape index (κ2) is 4.19. The van der Waals surface area contributed by atoms with Gasteiger partial charge in [0.05, 0.1) is 5.56 Å². The second-order valence-corrected chi connectivity index (χ2v) is 4.45. The van der Waals surface area contributed by atoms with E-state index in [0.29, 0.717) is 0 Å². The van der Waals surface area contributed by atoms with E-state index in [-0.39, 0.29) is 17.3 Å². The number of carbonyl (C=O) groups is 1. The molecule has 2 rings (SSSR count). The molecule has 0 unspecified atom stereocenters. The lowest BCUT2D eigenvalue weighted by atomic mass is 10.1. The number of nitrogens with two attached hydrogens (primary N) is 1. The Balaban J connectivity index is 2.31. The minimum Gasteiger partial charge on any atom is -0.398 e. The number of halogens is 3. The highest BCUT2D eigenvalue weighted by Crippen LogP contribution is 2.34. The van der Waals surface area contributed by atoms with Crippen molar-refractivity contribution in [2.24, 2.45) is 0 Å². The average Bonchev–Trinajstić information content (AvgIpc) is 3.10. The fourth-order valence-corrected chi connectivity index (χ4v) is 1.77. The first kappa shape index (κ1) is 12.7. The van der Waals surface area contributed by atoms with Crippen LogP contribution in [0.2, 0.25) is 0 Å². The number of alkyl halides is 3. The van der Waals surface area contributed by atoms with Crippen LogP contribution in [-0.2, 0) is 6.18 Å². The topological polar surface area (TPSA) is 46.3 Å². The quantitative estimate of drug-likeness (QED) is 0.828. The van der Waals surface area contributed by atoms with Crippen molar-refractivity contribution >= 4 is 11.6 Å². The fourth-order valence-electron chi connectivity index (χ4n) is 1.77. The van der Waals surface area contributed by atoms with Gasteiger partial charge in [-0.05, 0) is 31.0 Å². The van der Waals surface area contributed by atoms with Gasteiger partial charge in [0.25, 0.3) is 5.91 Å². The molecule has 6 heteroatoms. The molecule has 18 heavy (non-hydrogen) atoms. The van der Waals surface area contributed by atoms with Gasteiger partial charge >= 0.3 is 6.18 Å². The molecule has 1 aliphatic rings. The van der Waals surface area contributed by atoms with E-state index in [9.17, 15) is 18.0 Å². The van der Waals surface area contributed by atoms with Crippen LogP contribution in [0.15, 0.2) is 18.2 Å². The summed E-state index contributed by atoms with van der Waals surface area (Å²) in [5, 5.41) is 0. The Bertz CT molecular complexity index is 481. The molecule has 2 N–H and O–H groups in total. The summed E-state index contributed by atoms with van der Waals surface area (Å²) in [5.41, 5.74) is 3.97. The zero-order chi connectivity index (χ0) is 13.5. The van der Waals surface area contributed by atoms with Crippen molar-refractivity contribution < 1.29 is 18.0 Å². The SMILES string of the molecule is CN(C(=O)c1ccc(N)c(C(F)(F)F)c1)C1CC1. The van der Waals surface area contributed by atoms with Crippen molar-refractivity contribution in [3.63, 3.8) is 0 Å². The molecular formula is C12H13F3N2O. The molecule has 0 aliphatic heterocycles. The molecule has 1 aromatic carbocycles. The smallest absolute Gasteiger partial charge is 0.398 e. The van der Waals surface area contributed by atoms with Gasteiger partial charge in [0, 0.05) is 24.3 Å². The summed E-state index contributed by atoms with van der Waals surface area (Å²) in [6.45, 7) is 0. The van der Waals surface area contributed by atoms with Gasteiger partial charge in [0.1, 0.15) is 0 Å². The van der Waals surface area contributed by atoms with Crippen LogP contribution in [0, 0.1) is 0 Å². The molecule has 0 saturated heterocycles. The summed E-state index contributed by atoms with van der Waals surface area (Å²) < 4.78 is 38.0. The minimum atomic E-state index is -4.54. The number of carbonyl (C=O) groups excluding carboxylic acids is 1. The van der Waals surface area contributed by atoms with Crippen LogP contribution in [0.25, 0.3) is 0 Å². The van der Waals surface area contributed by atoms with Gasteiger partial charge in [-0.2, -0.15) is 13.2 Å². The summed E-state index contributed by atoms with van der Waals surface area (Å²) in [6.07, 6.45) is -2.73. The molecule has 0 spiro atoms. The molecule has 0 atom stereocenters. The van der Waals surface area contributed by atoms with Crippen molar-refractivity contribution in [2.75, 3.05) is 12.8 Å². The molecule has 0 radical (unpaired) electrons. The minimum absolute atomic E-state index is 0.0194. The van der Waals surface area contributed by atoms with Crippen LogP contribution in [0.4, 0.5) is 18.9 Å². The number of rotatable bonds is 2. The van der Waals surface area contributed by atoms with Gasteiger partial charge in [0.15, 0.2) is 0 Å². The lowest BCUT2D eigenvalue weighted by Crippen LogP contribution is -2.29. The molecule has 3 nitrogen and oxygen atoms in total. The van der Waals surface area contributed by atoms with Crippen molar-refractivity contribution in [3.05, 3.63) is 29.3 Å². The van der Waals surface area contributed by atoms with E-state index in [1.165, 1.54) is 11.0 Å². The van der Waals surface area contributed by atoms with Gasteiger partial charge < -0.3 is 10.6 Å². The van der Waals surface area contributed by atoms with Crippen molar-refractivity contribution in [1.82, 2.24) is 4.90 Å². The fraction of sp³-hybridized carbons (Fsp3) is 0.417. The van der Waals surface area contributed by atoms with Crippen LogP contribution in [0.1, 0.15) is 28.8 Å². The highest BCUT2D eigenvalue weighted by molar-refractivity contribution is 5.95. The Kier molecular flexibility index (Phi) is 2.96. The third kappa shape index (κ3) is 2.42. The van der Waals surface area contributed by atoms with Crippen LogP contribution < -0.4 is 5.73 Å². The number of nitrogens with zero attached hydrogens (tertiary/aromatic N) is 1. The predicted molar refractivity (Wildman–Crippen MR) is 61.0 cm³/mol. The van der Waals surface area contributed by atoms with E-state index in [0.717, 1.165) is 25.0 Å². The summed E-state index contributed by atoms with van der Waals surface area (Å²) in [7, 11) is 1.60. The summed E-state index contributed by atoms with van der Waals surface area (Å²) in [5.74, 6) is -0.400. The van der Waals surface area contributed by atoms with E-state index in [2.05, 4.69) is 0 Å². The lowest BCUT2D eigenvalue weighted by Gasteiger charge is -2.17. The van der Waals surface area contributed by atoms with Gasteiger partial charge in [-0.15, -0.1) is 0 Å². The number of hydrogen-bond acceptors (Lipinski definition) is 2. The molecule has 0 bridgehead atoms. The lowest BCUT2D eigenvalue weighted by molar-refractivity contribution is -0.136. The molecule has 1 aliphatic carbocycles. The number of benzene rings is 1. The van der Waals surface area contributed by atoms with Gasteiger partial charge in [-0.3, -0.25) is 4.79 Å². The molecule has 0 aromatic heterocycles. The first-order chi connectivity index (χ1) is 8.30. The van der Waals surface area contributed by atoms with Gasteiger partial charge in [0.2, 0.25) is 0 Å². The van der Waals surface area contributed by atoms with E-state index >= 15 is 0 Å². The first-order valence-electron chi connectivity index (χ1n) is 5.54. The van der Waals surface area contributed by atoms with E-state index < -0.39 is 17.6 Å². The van der Waals surface area contributed by atoms with Crippen molar-refractivity contribution in [2.45, 2.75) is 25.1 Å². The molecular weight excluding hydrogens is 245 g/mol. The Labute approximate surface area is 102 Å². The van der Waals surface area contributed by atoms with Crippen LogP contribution in [0.3, 0.4) is 0 Å². The number of nitrogen functional groups attached to an aromatic ring is 1. The van der Waals surface area contributed by atoms with Crippen molar-refractivity contribution in [3.8, 4) is 0 Å². The zero-order valence-electron chi connectivity index (χ0n) is 9.79. The maximum Gasteiger partial charge on any atom is 0.418 e. The number of anilines is 1. The normalized spacial score (nSPS) is 15.6. The van der Waals surface area contributed by atoms with E-state index in [1.807, 2.05) is 0 Å². The Morgan fingerprint density at radius 2 is 2.00 bits per heavy atom. The van der Waals surface area contributed by atoms with Crippen LogP contribution in [-0.4, -0.2) is 23.9 Å². The number of amides is 1. The van der Waals surface area contributed by atoms with Gasteiger partial charge in [-0.1, -0.05) is 0 Å². The monoisotopic (exact) mass is 258 g/mol. The summed E-state index contributed by atoms with van der Waals surface area (Å²) in [6, 6.07) is 3.42. The summed E-state index contributed by atoms with van der Waals surface area (Å²) >= 11 is 0. The van der Waals surface area contributed by atoms with E-state index in [4.69, 9.17) is 5.73 Å². The van der Waals surface area contributed by atoms with Crippen LogP contribution >= 0.6 is 0 Å². The zero-order valence-corrected chi connectivity index (χ0v) is 9.79. The molecule has 1 saturated carbocycles. The third-order valence-corrected chi connectivity index (χ3v) is 3.02. The second-order valence-electron chi connectivity index (χ2n) is 4.45. The van der Waals surface area contributed by atoms with E-state index in [1.54, 1.807) is 7.05 Å². The molecule has 1 aromatic rings. The Hall–Kier alpha value is -1.72. The largest absolute Gasteiger partial charge is 0.418 e. The van der Waals surface area contributed by atoms with Crippen LogP contribution in [0.5, 0.6) is 0 Å². The Morgan fingerprint density at radius 3 is 2.50 bits per heavy atom. The molecule has 1 amide bonds. The van der Waals surface area contributed by atoms with Gasteiger partial charge in [-0.25, -0.2) is 0 Å². The average molecular weight is 258 g/mol. The Morgan fingerprint density at radius 1 is 1.39 bits per heavy atom. The number of hydrogen-bond donors (Lipinski definition) is 1. The van der Waals surface area contributed by atoms with Crippen molar-refractivity contribution in [1.29, 1.82) is 0 Å². The summed E-state index contributed by atoms with van der Waals surface area (Å²) in [4.78, 5) is 13.4. The predicted octanol–water partition coefficient (Wildman–Crippen LogP) is 2.52. The molecule has 1 fully saturated rings. The maximum atomic E-state index is 12.7. The first-order valence-corrected chi connectivity index (χ1v) is 5.54. The maximum absolute atomic E-state index is 12.7. The standard InChI is InChI=1S/C12H13F3N2O/c1-17(8-3-4-8)11(18)7-2-5-10(16)9(6-7)12(13,14)15/h2,5-6,8H,3-4,16H2,1H3. The highest BCUT2D eigenvalue weighted by Gasteiger charge is 2.35. The third-order valence-electron chi connectivity index (χ3n) is 3.02. The molecule has 98 valence electrons. The molecule has 0 heterocycles. The highest BCUT2D eigenvalue weighted by atomic mass is 19.4.